The van der Waals surface area contributed by atoms with Crippen molar-refractivity contribution in [2.75, 3.05) is 13.1 Å². The highest BCUT2D eigenvalue weighted by molar-refractivity contribution is 6.35. The fourth-order valence-corrected chi connectivity index (χ4v) is 2.62. The van der Waals surface area contributed by atoms with E-state index in [2.05, 4.69) is 5.32 Å². The molecule has 16 heavy (non-hydrogen) atoms. The number of halogens is 2. The standard InChI is InChI=1S/C11H11Cl2NO2/c12-6-1-2-7(10(13)3-6)8-4-14-5-9(8)11(15)16/h1-3,8-9,14H,4-5H2,(H,15,16)/t8-,9+/m0/s1. The van der Waals surface area contributed by atoms with Crippen molar-refractivity contribution >= 4 is 29.2 Å². The molecule has 1 aromatic carbocycles. The second-order valence-corrected chi connectivity index (χ2v) is 4.72. The number of aliphatic carboxylic acids is 1. The third-order valence-electron chi connectivity index (χ3n) is 2.89. The molecule has 0 spiro atoms. The molecular weight excluding hydrogens is 249 g/mol. The fourth-order valence-electron chi connectivity index (χ4n) is 2.07. The molecule has 5 heteroatoms. The summed E-state index contributed by atoms with van der Waals surface area (Å²) in [7, 11) is 0. The molecule has 0 amide bonds. The zero-order chi connectivity index (χ0) is 11.7. The highest BCUT2D eigenvalue weighted by Crippen LogP contribution is 2.34. The Morgan fingerprint density at radius 2 is 2.12 bits per heavy atom. The van der Waals surface area contributed by atoms with Gasteiger partial charge in [-0.2, -0.15) is 0 Å². The first kappa shape index (κ1) is 11.7. The summed E-state index contributed by atoms with van der Waals surface area (Å²) in [6.07, 6.45) is 0. The maximum absolute atomic E-state index is 11.1. The number of rotatable bonds is 2. The molecule has 3 nitrogen and oxygen atoms in total. The van der Waals surface area contributed by atoms with Gasteiger partial charge >= 0.3 is 5.97 Å². The molecule has 0 radical (unpaired) electrons. The third kappa shape index (κ3) is 2.17. The highest BCUT2D eigenvalue weighted by atomic mass is 35.5. The maximum atomic E-state index is 11.1. The molecule has 1 heterocycles. The Hall–Kier alpha value is -0.770. The molecule has 2 atom stereocenters. The van der Waals surface area contributed by atoms with Crippen LogP contribution in [0.5, 0.6) is 0 Å². The summed E-state index contributed by atoms with van der Waals surface area (Å²) in [5, 5.41) is 13.2. The Kier molecular flexibility index (Phi) is 3.38. The zero-order valence-corrected chi connectivity index (χ0v) is 9.92. The minimum Gasteiger partial charge on any atom is -0.481 e. The van der Waals surface area contributed by atoms with Gasteiger partial charge in [-0.1, -0.05) is 29.3 Å². The van der Waals surface area contributed by atoms with Crippen molar-refractivity contribution in [1.82, 2.24) is 5.32 Å². The van der Waals surface area contributed by atoms with Crippen LogP contribution in [0.15, 0.2) is 18.2 Å². The van der Waals surface area contributed by atoms with E-state index in [0.717, 1.165) is 5.56 Å². The smallest absolute Gasteiger partial charge is 0.308 e. The quantitative estimate of drug-likeness (QED) is 0.858. The molecule has 1 fully saturated rings. The van der Waals surface area contributed by atoms with Crippen LogP contribution in [-0.4, -0.2) is 24.2 Å². The van der Waals surface area contributed by atoms with Crippen molar-refractivity contribution in [2.24, 2.45) is 5.92 Å². The van der Waals surface area contributed by atoms with Crippen molar-refractivity contribution in [3.8, 4) is 0 Å². The van der Waals surface area contributed by atoms with Gasteiger partial charge in [0, 0.05) is 29.1 Å². The van der Waals surface area contributed by atoms with Gasteiger partial charge in [0.15, 0.2) is 0 Å². The molecule has 0 unspecified atom stereocenters. The molecule has 2 N–H and O–H groups in total. The van der Waals surface area contributed by atoms with Crippen molar-refractivity contribution in [3.63, 3.8) is 0 Å². The van der Waals surface area contributed by atoms with Crippen LogP contribution in [0.2, 0.25) is 10.0 Å². The Morgan fingerprint density at radius 1 is 1.38 bits per heavy atom. The summed E-state index contributed by atoms with van der Waals surface area (Å²) in [6.45, 7) is 1.12. The summed E-state index contributed by atoms with van der Waals surface area (Å²) < 4.78 is 0. The summed E-state index contributed by atoms with van der Waals surface area (Å²) in [4.78, 5) is 11.1. The number of carboxylic acids is 1. The second-order valence-electron chi connectivity index (χ2n) is 3.88. The van der Waals surface area contributed by atoms with Gasteiger partial charge < -0.3 is 10.4 Å². The lowest BCUT2D eigenvalue weighted by atomic mass is 9.89. The largest absolute Gasteiger partial charge is 0.481 e. The van der Waals surface area contributed by atoms with Gasteiger partial charge in [-0.3, -0.25) is 4.79 Å². The normalized spacial score (nSPS) is 24.6. The van der Waals surface area contributed by atoms with E-state index in [1.807, 2.05) is 0 Å². The van der Waals surface area contributed by atoms with E-state index in [1.165, 1.54) is 0 Å². The van der Waals surface area contributed by atoms with Crippen LogP contribution >= 0.6 is 23.2 Å². The van der Waals surface area contributed by atoms with Crippen molar-refractivity contribution in [2.45, 2.75) is 5.92 Å². The van der Waals surface area contributed by atoms with E-state index in [0.29, 0.717) is 23.1 Å². The zero-order valence-electron chi connectivity index (χ0n) is 8.41. The minimum absolute atomic E-state index is 0.0812. The summed E-state index contributed by atoms with van der Waals surface area (Å²) >= 11 is 11.9. The average Bonchev–Trinajstić information content (AvgIpc) is 2.66. The van der Waals surface area contributed by atoms with Gasteiger partial charge in [0.2, 0.25) is 0 Å². The lowest BCUT2D eigenvalue weighted by Crippen LogP contribution is -2.21. The number of carbonyl (C=O) groups is 1. The molecule has 0 saturated carbocycles. The number of carboxylic acid groups (broad SMARTS) is 1. The number of nitrogens with one attached hydrogen (secondary N) is 1. The summed E-state index contributed by atoms with van der Waals surface area (Å²) in [5.41, 5.74) is 0.850. The molecule has 86 valence electrons. The van der Waals surface area contributed by atoms with E-state index >= 15 is 0 Å². The fraction of sp³-hybridized carbons (Fsp3) is 0.364. The van der Waals surface area contributed by atoms with Crippen molar-refractivity contribution < 1.29 is 9.90 Å². The van der Waals surface area contributed by atoms with E-state index < -0.39 is 11.9 Å². The monoisotopic (exact) mass is 259 g/mol. The SMILES string of the molecule is O=C(O)[C@@H]1CNC[C@H]1c1ccc(Cl)cc1Cl. The van der Waals surface area contributed by atoms with Gasteiger partial charge in [-0.25, -0.2) is 0 Å². The Morgan fingerprint density at radius 3 is 2.75 bits per heavy atom. The van der Waals surface area contributed by atoms with Crippen LogP contribution in [0, 0.1) is 5.92 Å². The predicted octanol–water partition coefficient (Wildman–Crippen LogP) is 2.38. The summed E-state index contributed by atoms with van der Waals surface area (Å²) in [5.74, 6) is -1.29. The van der Waals surface area contributed by atoms with Gasteiger partial charge in [-0.05, 0) is 17.7 Å². The van der Waals surface area contributed by atoms with Crippen LogP contribution in [0.25, 0.3) is 0 Å². The molecule has 1 saturated heterocycles. The molecule has 0 bridgehead atoms. The topological polar surface area (TPSA) is 49.3 Å². The lowest BCUT2D eigenvalue weighted by molar-refractivity contribution is -0.141. The molecule has 0 aromatic heterocycles. The van der Waals surface area contributed by atoms with Gasteiger partial charge in [-0.15, -0.1) is 0 Å². The van der Waals surface area contributed by atoms with E-state index in [-0.39, 0.29) is 5.92 Å². The maximum Gasteiger partial charge on any atom is 0.308 e. The van der Waals surface area contributed by atoms with Gasteiger partial charge in [0.1, 0.15) is 0 Å². The van der Waals surface area contributed by atoms with Crippen LogP contribution in [0.1, 0.15) is 11.5 Å². The van der Waals surface area contributed by atoms with Gasteiger partial charge in [0.25, 0.3) is 0 Å². The molecule has 1 aliphatic rings. The molecule has 1 aromatic rings. The predicted molar refractivity (Wildman–Crippen MR) is 63.2 cm³/mol. The highest BCUT2D eigenvalue weighted by Gasteiger charge is 2.34. The Balaban J connectivity index is 2.32. The first-order chi connectivity index (χ1) is 7.59. The number of benzene rings is 1. The Bertz CT molecular complexity index is 422. The first-order valence-electron chi connectivity index (χ1n) is 4.98. The first-order valence-corrected chi connectivity index (χ1v) is 5.73. The molecule has 2 rings (SSSR count). The van der Waals surface area contributed by atoms with E-state index in [1.54, 1.807) is 18.2 Å². The molecule has 1 aliphatic heterocycles. The van der Waals surface area contributed by atoms with E-state index in [9.17, 15) is 4.79 Å². The van der Waals surface area contributed by atoms with Crippen LogP contribution in [0.4, 0.5) is 0 Å². The third-order valence-corrected chi connectivity index (χ3v) is 3.46. The Labute approximate surface area is 103 Å². The average molecular weight is 260 g/mol. The molecular formula is C11H11Cl2NO2. The van der Waals surface area contributed by atoms with Crippen LogP contribution in [-0.2, 0) is 4.79 Å². The number of hydrogen-bond acceptors (Lipinski definition) is 2. The lowest BCUT2D eigenvalue weighted by Gasteiger charge is -2.16. The van der Waals surface area contributed by atoms with Gasteiger partial charge in [0.05, 0.1) is 5.92 Å². The van der Waals surface area contributed by atoms with Crippen LogP contribution in [0.3, 0.4) is 0 Å². The number of hydrogen-bond donors (Lipinski definition) is 2. The van der Waals surface area contributed by atoms with E-state index in [4.69, 9.17) is 28.3 Å². The van der Waals surface area contributed by atoms with Crippen molar-refractivity contribution in [3.05, 3.63) is 33.8 Å². The second kappa shape index (κ2) is 4.62. The summed E-state index contributed by atoms with van der Waals surface area (Å²) in [6, 6.07) is 5.19. The minimum atomic E-state index is -0.791. The van der Waals surface area contributed by atoms with Crippen LogP contribution < -0.4 is 5.32 Å². The molecule has 0 aliphatic carbocycles. The van der Waals surface area contributed by atoms with Crippen molar-refractivity contribution in [1.29, 1.82) is 0 Å².